The summed E-state index contributed by atoms with van der Waals surface area (Å²) < 4.78 is 0. The SMILES string of the molecule is Cc1ccccc1C(SCCN(C)C)C(C)N. The van der Waals surface area contributed by atoms with Crippen molar-refractivity contribution < 1.29 is 0 Å². The van der Waals surface area contributed by atoms with Crippen LogP contribution in [0.5, 0.6) is 0 Å². The lowest BCUT2D eigenvalue weighted by Crippen LogP contribution is -2.25. The van der Waals surface area contributed by atoms with Gasteiger partial charge in [0.2, 0.25) is 0 Å². The van der Waals surface area contributed by atoms with E-state index in [0.717, 1.165) is 12.3 Å². The van der Waals surface area contributed by atoms with Gasteiger partial charge in [-0.05, 0) is 39.1 Å². The second-order valence-corrected chi connectivity index (χ2v) is 6.06. The van der Waals surface area contributed by atoms with Crippen LogP contribution in [0.4, 0.5) is 0 Å². The van der Waals surface area contributed by atoms with E-state index in [9.17, 15) is 0 Å². The van der Waals surface area contributed by atoms with Crippen LogP contribution in [0.2, 0.25) is 0 Å². The zero-order valence-corrected chi connectivity index (χ0v) is 12.1. The highest BCUT2D eigenvalue weighted by Crippen LogP contribution is 2.33. The van der Waals surface area contributed by atoms with Gasteiger partial charge in [0.15, 0.2) is 0 Å². The molecule has 96 valence electrons. The fourth-order valence-electron chi connectivity index (χ4n) is 1.79. The van der Waals surface area contributed by atoms with Crippen molar-refractivity contribution in [3.05, 3.63) is 35.4 Å². The van der Waals surface area contributed by atoms with Gasteiger partial charge in [-0.1, -0.05) is 24.3 Å². The molecule has 2 N–H and O–H groups in total. The molecular weight excluding hydrogens is 228 g/mol. The van der Waals surface area contributed by atoms with E-state index in [4.69, 9.17) is 5.73 Å². The molecule has 0 aliphatic heterocycles. The monoisotopic (exact) mass is 252 g/mol. The van der Waals surface area contributed by atoms with E-state index >= 15 is 0 Å². The molecule has 0 bridgehead atoms. The zero-order chi connectivity index (χ0) is 12.8. The van der Waals surface area contributed by atoms with E-state index < -0.39 is 0 Å². The van der Waals surface area contributed by atoms with Crippen LogP contribution in [0, 0.1) is 6.92 Å². The number of nitrogens with two attached hydrogens (primary N) is 1. The molecule has 0 aromatic heterocycles. The molecule has 2 atom stereocenters. The first-order valence-corrected chi connectivity index (χ1v) is 7.14. The summed E-state index contributed by atoms with van der Waals surface area (Å²) in [6.45, 7) is 5.36. The summed E-state index contributed by atoms with van der Waals surface area (Å²) in [7, 11) is 4.21. The summed E-state index contributed by atoms with van der Waals surface area (Å²) in [4.78, 5) is 2.21. The molecule has 0 amide bonds. The Hall–Kier alpha value is -0.510. The third-order valence-electron chi connectivity index (χ3n) is 2.81. The Morgan fingerprint density at radius 2 is 1.94 bits per heavy atom. The third kappa shape index (κ3) is 4.70. The Balaban J connectivity index is 2.69. The highest BCUT2D eigenvalue weighted by atomic mass is 32.2. The van der Waals surface area contributed by atoms with Crippen LogP contribution in [-0.4, -0.2) is 37.3 Å². The number of hydrogen-bond donors (Lipinski definition) is 1. The first-order chi connectivity index (χ1) is 8.02. The summed E-state index contributed by atoms with van der Waals surface area (Å²) in [6.07, 6.45) is 0. The average molecular weight is 252 g/mol. The van der Waals surface area contributed by atoms with Crippen LogP contribution in [0.3, 0.4) is 0 Å². The smallest absolute Gasteiger partial charge is 0.0448 e. The van der Waals surface area contributed by atoms with E-state index in [-0.39, 0.29) is 6.04 Å². The van der Waals surface area contributed by atoms with Crippen molar-refractivity contribution in [2.75, 3.05) is 26.4 Å². The topological polar surface area (TPSA) is 29.3 Å². The van der Waals surface area contributed by atoms with Crippen molar-refractivity contribution in [1.29, 1.82) is 0 Å². The largest absolute Gasteiger partial charge is 0.327 e. The lowest BCUT2D eigenvalue weighted by Gasteiger charge is -2.23. The predicted octanol–water partition coefficient (Wildman–Crippen LogP) is 2.68. The van der Waals surface area contributed by atoms with Gasteiger partial charge in [-0.15, -0.1) is 0 Å². The van der Waals surface area contributed by atoms with Crippen molar-refractivity contribution in [1.82, 2.24) is 4.90 Å². The van der Waals surface area contributed by atoms with Crippen LogP contribution in [0.25, 0.3) is 0 Å². The van der Waals surface area contributed by atoms with Gasteiger partial charge in [-0.2, -0.15) is 11.8 Å². The first kappa shape index (κ1) is 14.6. The van der Waals surface area contributed by atoms with Crippen LogP contribution in [0.1, 0.15) is 23.3 Å². The Bertz CT molecular complexity index is 337. The Morgan fingerprint density at radius 1 is 1.29 bits per heavy atom. The van der Waals surface area contributed by atoms with Gasteiger partial charge in [0, 0.05) is 23.6 Å². The van der Waals surface area contributed by atoms with Crippen molar-refractivity contribution in [2.24, 2.45) is 5.73 Å². The molecule has 0 fully saturated rings. The van der Waals surface area contributed by atoms with Gasteiger partial charge in [0.25, 0.3) is 0 Å². The minimum absolute atomic E-state index is 0.184. The van der Waals surface area contributed by atoms with Crippen LogP contribution in [-0.2, 0) is 0 Å². The Kier molecular flexibility index (Phi) is 6.03. The molecule has 0 aliphatic carbocycles. The van der Waals surface area contributed by atoms with E-state index in [1.165, 1.54) is 11.1 Å². The first-order valence-electron chi connectivity index (χ1n) is 6.10. The third-order valence-corrected chi connectivity index (χ3v) is 4.27. The summed E-state index contributed by atoms with van der Waals surface area (Å²) in [5.41, 5.74) is 8.84. The van der Waals surface area contributed by atoms with Gasteiger partial charge in [0.1, 0.15) is 0 Å². The van der Waals surface area contributed by atoms with Crippen LogP contribution < -0.4 is 5.73 Å². The van der Waals surface area contributed by atoms with E-state index in [2.05, 4.69) is 57.1 Å². The summed E-state index contributed by atoms with van der Waals surface area (Å²) >= 11 is 1.96. The number of hydrogen-bond acceptors (Lipinski definition) is 3. The van der Waals surface area contributed by atoms with Gasteiger partial charge in [-0.25, -0.2) is 0 Å². The molecule has 0 radical (unpaired) electrons. The van der Waals surface area contributed by atoms with Crippen molar-refractivity contribution in [2.45, 2.75) is 25.1 Å². The summed E-state index contributed by atoms with van der Waals surface area (Å²) in [5, 5.41) is 0.399. The van der Waals surface area contributed by atoms with Crippen LogP contribution >= 0.6 is 11.8 Å². The maximum absolute atomic E-state index is 6.12. The fraction of sp³-hybridized carbons (Fsp3) is 0.571. The second-order valence-electron chi connectivity index (χ2n) is 4.81. The maximum Gasteiger partial charge on any atom is 0.0448 e. The van der Waals surface area contributed by atoms with Gasteiger partial charge < -0.3 is 10.6 Å². The van der Waals surface area contributed by atoms with Crippen LogP contribution in [0.15, 0.2) is 24.3 Å². The maximum atomic E-state index is 6.12. The number of benzene rings is 1. The zero-order valence-electron chi connectivity index (χ0n) is 11.3. The lowest BCUT2D eigenvalue weighted by molar-refractivity contribution is 0.437. The molecule has 0 heterocycles. The number of nitrogens with zero attached hydrogens (tertiary/aromatic N) is 1. The predicted molar refractivity (Wildman–Crippen MR) is 78.6 cm³/mol. The molecular formula is C14H24N2S. The molecule has 3 heteroatoms. The summed E-state index contributed by atoms with van der Waals surface area (Å²) in [5.74, 6) is 1.12. The van der Waals surface area contributed by atoms with E-state index in [1.807, 2.05) is 11.8 Å². The highest BCUT2D eigenvalue weighted by molar-refractivity contribution is 7.99. The summed E-state index contributed by atoms with van der Waals surface area (Å²) in [6, 6.07) is 8.73. The highest BCUT2D eigenvalue weighted by Gasteiger charge is 2.18. The molecule has 1 aromatic rings. The van der Waals surface area contributed by atoms with Gasteiger partial charge in [0.05, 0.1) is 0 Å². The molecule has 1 rings (SSSR count). The molecule has 2 unspecified atom stereocenters. The minimum atomic E-state index is 0.184. The second kappa shape index (κ2) is 7.04. The molecule has 0 saturated heterocycles. The molecule has 0 saturated carbocycles. The number of aryl methyl sites for hydroxylation is 1. The Morgan fingerprint density at radius 3 is 2.47 bits per heavy atom. The number of rotatable bonds is 6. The minimum Gasteiger partial charge on any atom is -0.327 e. The molecule has 17 heavy (non-hydrogen) atoms. The van der Waals surface area contributed by atoms with E-state index in [1.54, 1.807) is 0 Å². The molecule has 0 aliphatic rings. The Labute approximate surface area is 110 Å². The standard InChI is InChI=1S/C14H24N2S/c1-11-7-5-6-8-13(11)14(12(2)15)17-10-9-16(3)4/h5-8,12,14H,9-10,15H2,1-4H3. The molecule has 0 spiro atoms. The fourth-order valence-corrected chi connectivity index (χ4v) is 3.27. The van der Waals surface area contributed by atoms with Crippen molar-refractivity contribution in [3.8, 4) is 0 Å². The molecule has 2 nitrogen and oxygen atoms in total. The lowest BCUT2D eigenvalue weighted by atomic mass is 10.0. The molecule has 1 aromatic carbocycles. The average Bonchev–Trinajstić information content (AvgIpc) is 2.25. The number of thioether (sulfide) groups is 1. The van der Waals surface area contributed by atoms with E-state index in [0.29, 0.717) is 5.25 Å². The van der Waals surface area contributed by atoms with Gasteiger partial charge >= 0.3 is 0 Å². The normalized spacial score (nSPS) is 14.9. The van der Waals surface area contributed by atoms with Gasteiger partial charge in [-0.3, -0.25) is 0 Å². The van der Waals surface area contributed by atoms with Crippen molar-refractivity contribution >= 4 is 11.8 Å². The quantitative estimate of drug-likeness (QED) is 0.844. The van der Waals surface area contributed by atoms with Crippen molar-refractivity contribution in [3.63, 3.8) is 0 Å².